The van der Waals surface area contributed by atoms with E-state index in [0.29, 0.717) is 13.0 Å². The van der Waals surface area contributed by atoms with Gasteiger partial charge in [-0.25, -0.2) is 0 Å². The molecule has 1 aromatic carbocycles. The standard InChI is InChI=1S/C16H21F2NO2/c1-16(9-2-3-10-16)14(20)19-11-8-12-4-6-13(7-5-12)21-15(17)18/h4-7,15H,2-3,8-11H2,1H3,(H,19,20). The van der Waals surface area contributed by atoms with Crippen LogP contribution < -0.4 is 10.1 Å². The van der Waals surface area contributed by atoms with Gasteiger partial charge in [0.25, 0.3) is 0 Å². The highest BCUT2D eigenvalue weighted by atomic mass is 19.3. The number of nitrogens with one attached hydrogen (secondary N) is 1. The molecule has 1 fully saturated rings. The minimum Gasteiger partial charge on any atom is -0.435 e. The van der Waals surface area contributed by atoms with Crippen LogP contribution in [0.5, 0.6) is 5.75 Å². The van der Waals surface area contributed by atoms with Gasteiger partial charge < -0.3 is 10.1 Å². The van der Waals surface area contributed by atoms with E-state index < -0.39 is 6.61 Å². The molecule has 1 amide bonds. The summed E-state index contributed by atoms with van der Waals surface area (Å²) in [6.45, 7) is -0.225. The molecular weight excluding hydrogens is 276 g/mol. The summed E-state index contributed by atoms with van der Waals surface area (Å²) < 4.78 is 28.3. The fourth-order valence-electron chi connectivity index (χ4n) is 2.75. The Kier molecular flexibility index (Phi) is 5.15. The summed E-state index contributed by atoms with van der Waals surface area (Å²) in [5, 5.41) is 2.97. The third kappa shape index (κ3) is 4.41. The molecular formula is C16H21F2NO2. The van der Waals surface area contributed by atoms with Crippen LogP contribution in [-0.2, 0) is 11.2 Å². The Morgan fingerprint density at radius 2 is 1.90 bits per heavy atom. The third-order valence-electron chi connectivity index (χ3n) is 4.10. The molecule has 0 atom stereocenters. The molecule has 1 aromatic rings. The zero-order chi connectivity index (χ0) is 15.3. The van der Waals surface area contributed by atoms with Gasteiger partial charge in [0.15, 0.2) is 0 Å². The maximum atomic E-state index is 12.1. The van der Waals surface area contributed by atoms with Gasteiger partial charge in [-0.1, -0.05) is 31.9 Å². The van der Waals surface area contributed by atoms with Crippen molar-refractivity contribution in [3.63, 3.8) is 0 Å². The number of ether oxygens (including phenoxy) is 1. The normalized spacial score (nSPS) is 17.0. The van der Waals surface area contributed by atoms with E-state index >= 15 is 0 Å². The Labute approximate surface area is 123 Å². The first-order chi connectivity index (χ1) is 9.99. The second-order valence-electron chi connectivity index (χ2n) is 5.80. The molecule has 0 unspecified atom stereocenters. The number of halogens is 2. The Balaban J connectivity index is 1.77. The number of carbonyl (C=O) groups is 1. The van der Waals surface area contributed by atoms with Crippen molar-refractivity contribution >= 4 is 5.91 Å². The molecule has 0 heterocycles. The summed E-state index contributed by atoms with van der Waals surface area (Å²) in [5.41, 5.74) is 0.767. The summed E-state index contributed by atoms with van der Waals surface area (Å²) in [7, 11) is 0. The summed E-state index contributed by atoms with van der Waals surface area (Å²) >= 11 is 0. The lowest BCUT2D eigenvalue weighted by molar-refractivity contribution is -0.129. The molecule has 1 aliphatic carbocycles. The predicted molar refractivity (Wildman–Crippen MR) is 76.4 cm³/mol. The molecule has 21 heavy (non-hydrogen) atoms. The number of carbonyl (C=O) groups excluding carboxylic acids is 1. The van der Waals surface area contributed by atoms with Crippen molar-refractivity contribution in [1.29, 1.82) is 0 Å². The highest BCUT2D eigenvalue weighted by Crippen LogP contribution is 2.37. The van der Waals surface area contributed by atoms with Crippen molar-refractivity contribution in [2.24, 2.45) is 5.41 Å². The Morgan fingerprint density at radius 3 is 2.48 bits per heavy atom. The topological polar surface area (TPSA) is 38.3 Å². The second kappa shape index (κ2) is 6.87. The quantitative estimate of drug-likeness (QED) is 0.872. The first-order valence-electron chi connectivity index (χ1n) is 7.32. The number of hydrogen-bond donors (Lipinski definition) is 1. The van der Waals surface area contributed by atoms with E-state index in [1.54, 1.807) is 12.1 Å². The van der Waals surface area contributed by atoms with Gasteiger partial charge >= 0.3 is 6.61 Å². The van der Waals surface area contributed by atoms with Gasteiger partial charge in [0, 0.05) is 12.0 Å². The van der Waals surface area contributed by atoms with Crippen LogP contribution in [0.15, 0.2) is 24.3 Å². The van der Waals surface area contributed by atoms with Gasteiger partial charge in [0.2, 0.25) is 5.91 Å². The molecule has 3 nitrogen and oxygen atoms in total. The van der Waals surface area contributed by atoms with Crippen LogP contribution in [0.3, 0.4) is 0 Å². The lowest BCUT2D eigenvalue weighted by Gasteiger charge is -2.22. The number of alkyl halides is 2. The summed E-state index contributed by atoms with van der Waals surface area (Å²) in [4.78, 5) is 12.1. The second-order valence-corrected chi connectivity index (χ2v) is 5.80. The van der Waals surface area contributed by atoms with E-state index in [4.69, 9.17) is 0 Å². The molecule has 1 N–H and O–H groups in total. The fraction of sp³-hybridized carbons (Fsp3) is 0.562. The molecule has 0 spiro atoms. The molecule has 0 saturated heterocycles. The van der Waals surface area contributed by atoms with E-state index in [0.717, 1.165) is 31.2 Å². The van der Waals surface area contributed by atoms with Gasteiger partial charge in [0.1, 0.15) is 5.75 Å². The summed E-state index contributed by atoms with van der Waals surface area (Å²) in [6.07, 6.45) is 4.83. The van der Waals surface area contributed by atoms with Gasteiger partial charge in [-0.2, -0.15) is 8.78 Å². The summed E-state index contributed by atoms with van der Waals surface area (Å²) in [5.74, 6) is 0.272. The van der Waals surface area contributed by atoms with E-state index in [-0.39, 0.29) is 17.1 Å². The predicted octanol–water partition coefficient (Wildman–Crippen LogP) is 3.53. The maximum absolute atomic E-state index is 12.1. The van der Waals surface area contributed by atoms with Crippen molar-refractivity contribution in [2.45, 2.75) is 45.6 Å². The number of amides is 1. The first kappa shape index (κ1) is 15.7. The molecule has 0 aromatic heterocycles. The highest BCUT2D eigenvalue weighted by molar-refractivity contribution is 5.82. The van der Waals surface area contributed by atoms with Crippen molar-refractivity contribution < 1.29 is 18.3 Å². The molecule has 116 valence electrons. The van der Waals surface area contributed by atoms with Gasteiger partial charge in [-0.3, -0.25) is 4.79 Å². The molecule has 0 bridgehead atoms. The first-order valence-corrected chi connectivity index (χ1v) is 7.32. The average molecular weight is 297 g/mol. The van der Waals surface area contributed by atoms with Crippen molar-refractivity contribution in [3.8, 4) is 5.75 Å². The number of rotatable bonds is 6. The van der Waals surface area contributed by atoms with E-state index in [9.17, 15) is 13.6 Å². The maximum Gasteiger partial charge on any atom is 0.387 e. The molecule has 5 heteroatoms. The van der Waals surface area contributed by atoms with Crippen LogP contribution in [0.25, 0.3) is 0 Å². The van der Waals surface area contributed by atoms with Crippen LogP contribution >= 0.6 is 0 Å². The smallest absolute Gasteiger partial charge is 0.387 e. The van der Waals surface area contributed by atoms with Gasteiger partial charge in [-0.05, 0) is 37.0 Å². The van der Waals surface area contributed by atoms with E-state index in [1.165, 1.54) is 12.1 Å². The fourth-order valence-corrected chi connectivity index (χ4v) is 2.75. The Bertz CT molecular complexity index is 468. The Hall–Kier alpha value is -1.65. The molecule has 0 radical (unpaired) electrons. The largest absolute Gasteiger partial charge is 0.435 e. The third-order valence-corrected chi connectivity index (χ3v) is 4.10. The van der Waals surface area contributed by atoms with Gasteiger partial charge in [0.05, 0.1) is 0 Å². The molecule has 1 aliphatic rings. The van der Waals surface area contributed by atoms with Crippen LogP contribution in [-0.4, -0.2) is 19.1 Å². The molecule has 1 saturated carbocycles. The molecule has 0 aliphatic heterocycles. The van der Waals surface area contributed by atoms with Crippen molar-refractivity contribution in [3.05, 3.63) is 29.8 Å². The number of benzene rings is 1. The van der Waals surface area contributed by atoms with Gasteiger partial charge in [-0.15, -0.1) is 0 Å². The lowest BCUT2D eigenvalue weighted by atomic mass is 9.88. The highest BCUT2D eigenvalue weighted by Gasteiger charge is 2.35. The number of hydrogen-bond acceptors (Lipinski definition) is 2. The van der Waals surface area contributed by atoms with E-state index in [2.05, 4.69) is 10.1 Å². The minimum absolute atomic E-state index is 0.123. The van der Waals surface area contributed by atoms with E-state index in [1.807, 2.05) is 6.92 Å². The monoisotopic (exact) mass is 297 g/mol. The minimum atomic E-state index is -2.80. The lowest BCUT2D eigenvalue weighted by Crippen LogP contribution is -2.38. The zero-order valence-corrected chi connectivity index (χ0v) is 12.2. The zero-order valence-electron chi connectivity index (χ0n) is 12.2. The summed E-state index contributed by atoms with van der Waals surface area (Å²) in [6, 6.07) is 6.51. The van der Waals surface area contributed by atoms with Crippen molar-refractivity contribution in [1.82, 2.24) is 5.32 Å². The SMILES string of the molecule is CC1(C(=O)NCCc2ccc(OC(F)F)cc2)CCCC1. The average Bonchev–Trinajstić information content (AvgIpc) is 2.88. The van der Waals surface area contributed by atoms with Crippen LogP contribution in [0.4, 0.5) is 8.78 Å². The van der Waals surface area contributed by atoms with Crippen LogP contribution in [0.1, 0.15) is 38.2 Å². The van der Waals surface area contributed by atoms with Crippen molar-refractivity contribution in [2.75, 3.05) is 6.54 Å². The van der Waals surface area contributed by atoms with Crippen LogP contribution in [0, 0.1) is 5.41 Å². The van der Waals surface area contributed by atoms with Crippen LogP contribution in [0.2, 0.25) is 0 Å². The Morgan fingerprint density at radius 1 is 1.29 bits per heavy atom. The molecule has 2 rings (SSSR count).